The molecular formula is C8H11F3N4O. The molecule has 1 rings (SSSR count). The molecule has 0 saturated carbocycles. The molecule has 90 valence electrons. The number of aromatic nitrogens is 3. The summed E-state index contributed by atoms with van der Waals surface area (Å²) in [6.45, 7) is 0.190. The monoisotopic (exact) mass is 236 g/mol. The van der Waals surface area contributed by atoms with Crippen molar-refractivity contribution < 1.29 is 18.0 Å². The highest BCUT2D eigenvalue weighted by Gasteiger charge is 2.25. The smallest absolute Gasteiger partial charge is 0.349 e. The van der Waals surface area contributed by atoms with E-state index in [1.165, 1.54) is 6.33 Å². The number of halogens is 3. The molecule has 8 heteroatoms. The fraction of sp³-hybridized carbons (Fsp3) is 0.625. The first-order valence-electron chi connectivity index (χ1n) is 4.69. The molecule has 1 aromatic rings. The maximum atomic E-state index is 11.8. The summed E-state index contributed by atoms with van der Waals surface area (Å²) >= 11 is 0. The van der Waals surface area contributed by atoms with E-state index in [9.17, 15) is 18.0 Å². The predicted octanol–water partition coefficient (Wildman–Crippen LogP) is 1.27. The summed E-state index contributed by atoms with van der Waals surface area (Å²) in [4.78, 5) is 14.8. The van der Waals surface area contributed by atoms with Crippen LogP contribution in [0, 0.1) is 0 Å². The van der Waals surface area contributed by atoms with Gasteiger partial charge in [0.1, 0.15) is 6.33 Å². The van der Waals surface area contributed by atoms with Gasteiger partial charge in [0.25, 0.3) is 5.91 Å². The molecule has 0 unspecified atom stereocenters. The molecule has 5 nitrogen and oxygen atoms in total. The lowest BCUT2D eigenvalue weighted by molar-refractivity contribution is -0.135. The van der Waals surface area contributed by atoms with Crippen molar-refractivity contribution in [1.29, 1.82) is 0 Å². The first kappa shape index (κ1) is 12.5. The Balaban J connectivity index is 2.10. The molecular weight excluding hydrogens is 225 g/mol. The van der Waals surface area contributed by atoms with Gasteiger partial charge in [-0.3, -0.25) is 9.89 Å². The van der Waals surface area contributed by atoms with Crippen molar-refractivity contribution in [3.8, 4) is 0 Å². The van der Waals surface area contributed by atoms with E-state index in [1.807, 2.05) is 0 Å². The lowest BCUT2D eigenvalue weighted by Crippen LogP contribution is -2.25. The van der Waals surface area contributed by atoms with Crippen LogP contribution in [-0.2, 0) is 0 Å². The molecule has 0 saturated heterocycles. The van der Waals surface area contributed by atoms with Gasteiger partial charge in [0.05, 0.1) is 0 Å². The van der Waals surface area contributed by atoms with E-state index in [2.05, 4.69) is 20.5 Å². The molecule has 1 aromatic heterocycles. The van der Waals surface area contributed by atoms with Crippen LogP contribution in [-0.4, -0.2) is 33.8 Å². The van der Waals surface area contributed by atoms with Crippen LogP contribution in [0.1, 0.15) is 29.9 Å². The van der Waals surface area contributed by atoms with Gasteiger partial charge in [-0.25, -0.2) is 4.98 Å². The number of nitrogens with zero attached hydrogens (tertiary/aromatic N) is 2. The molecule has 0 bridgehead atoms. The van der Waals surface area contributed by atoms with Crippen molar-refractivity contribution in [1.82, 2.24) is 20.5 Å². The Kier molecular flexibility index (Phi) is 4.27. The molecule has 0 aliphatic rings. The van der Waals surface area contributed by atoms with Crippen LogP contribution in [0.15, 0.2) is 6.33 Å². The molecule has 0 spiro atoms. The maximum absolute atomic E-state index is 11.8. The van der Waals surface area contributed by atoms with Crippen LogP contribution in [0.4, 0.5) is 13.2 Å². The number of H-pyrrole nitrogens is 1. The van der Waals surface area contributed by atoms with Gasteiger partial charge in [-0.05, 0) is 12.8 Å². The van der Waals surface area contributed by atoms with E-state index < -0.39 is 18.5 Å². The van der Waals surface area contributed by atoms with Gasteiger partial charge in [-0.15, -0.1) is 0 Å². The van der Waals surface area contributed by atoms with Crippen molar-refractivity contribution in [3.05, 3.63) is 12.2 Å². The van der Waals surface area contributed by atoms with Crippen molar-refractivity contribution in [3.63, 3.8) is 0 Å². The first-order chi connectivity index (χ1) is 7.49. The fourth-order valence-corrected chi connectivity index (χ4v) is 1.05. The molecule has 0 atom stereocenters. The second kappa shape index (κ2) is 5.47. The van der Waals surface area contributed by atoms with Crippen molar-refractivity contribution in [2.45, 2.75) is 25.4 Å². The molecule has 0 radical (unpaired) electrons. The van der Waals surface area contributed by atoms with Gasteiger partial charge < -0.3 is 5.32 Å². The fourth-order valence-electron chi connectivity index (χ4n) is 1.05. The molecule has 0 aromatic carbocycles. The highest BCUT2D eigenvalue weighted by molar-refractivity contribution is 5.90. The summed E-state index contributed by atoms with van der Waals surface area (Å²) in [5, 5.41) is 8.25. The Hall–Kier alpha value is -1.60. The highest BCUT2D eigenvalue weighted by Crippen LogP contribution is 2.21. The normalized spacial score (nSPS) is 11.4. The zero-order chi connectivity index (χ0) is 12.0. The minimum Gasteiger partial charge on any atom is -0.349 e. The number of hydrogen-bond donors (Lipinski definition) is 2. The van der Waals surface area contributed by atoms with Crippen LogP contribution < -0.4 is 5.32 Å². The van der Waals surface area contributed by atoms with Crippen molar-refractivity contribution >= 4 is 5.91 Å². The van der Waals surface area contributed by atoms with Crippen LogP contribution in [0.5, 0.6) is 0 Å². The SMILES string of the molecule is O=C(NCCCCC(F)(F)F)c1ncn[nH]1. The van der Waals surface area contributed by atoms with E-state index in [1.54, 1.807) is 0 Å². The van der Waals surface area contributed by atoms with Gasteiger partial charge in [0.15, 0.2) is 0 Å². The Morgan fingerprint density at radius 3 is 2.75 bits per heavy atom. The molecule has 0 aliphatic heterocycles. The van der Waals surface area contributed by atoms with E-state index in [4.69, 9.17) is 0 Å². The number of alkyl halides is 3. The molecule has 0 aliphatic carbocycles. The number of rotatable bonds is 5. The first-order valence-corrected chi connectivity index (χ1v) is 4.69. The largest absolute Gasteiger partial charge is 0.389 e. The average molecular weight is 236 g/mol. The average Bonchev–Trinajstić information content (AvgIpc) is 2.67. The third-order valence-electron chi connectivity index (χ3n) is 1.80. The minimum absolute atomic E-state index is 0.000183. The van der Waals surface area contributed by atoms with Gasteiger partial charge in [-0.1, -0.05) is 0 Å². The summed E-state index contributed by atoms with van der Waals surface area (Å²) in [6.07, 6.45) is -3.50. The van der Waals surface area contributed by atoms with E-state index in [0.29, 0.717) is 0 Å². The van der Waals surface area contributed by atoms with Gasteiger partial charge >= 0.3 is 6.18 Å². The standard InChI is InChI=1S/C8H11F3N4O/c9-8(10,11)3-1-2-4-12-7(16)6-13-5-14-15-6/h5H,1-4H2,(H,12,16)(H,13,14,15). The van der Waals surface area contributed by atoms with Gasteiger partial charge in [0.2, 0.25) is 5.82 Å². The molecule has 0 fully saturated rings. The van der Waals surface area contributed by atoms with Crippen LogP contribution in [0.2, 0.25) is 0 Å². The quantitative estimate of drug-likeness (QED) is 0.756. The summed E-state index contributed by atoms with van der Waals surface area (Å²) in [7, 11) is 0. The molecule has 1 amide bonds. The van der Waals surface area contributed by atoms with Crippen molar-refractivity contribution in [2.75, 3.05) is 6.54 Å². The second-order valence-corrected chi connectivity index (χ2v) is 3.16. The summed E-state index contributed by atoms with van der Waals surface area (Å²) in [5.41, 5.74) is 0. The lowest BCUT2D eigenvalue weighted by atomic mass is 10.2. The lowest BCUT2D eigenvalue weighted by Gasteiger charge is -2.06. The number of aromatic amines is 1. The molecule has 16 heavy (non-hydrogen) atoms. The Morgan fingerprint density at radius 1 is 1.44 bits per heavy atom. The number of unbranched alkanes of at least 4 members (excludes halogenated alkanes) is 1. The van der Waals surface area contributed by atoms with Gasteiger partial charge in [-0.2, -0.15) is 18.3 Å². The maximum Gasteiger partial charge on any atom is 0.389 e. The van der Waals surface area contributed by atoms with E-state index in [-0.39, 0.29) is 25.2 Å². The third kappa shape index (κ3) is 4.76. The number of carbonyl (C=O) groups is 1. The molecule has 1 heterocycles. The zero-order valence-corrected chi connectivity index (χ0v) is 8.34. The van der Waals surface area contributed by atoms with E-state index in [0.717, 1.165) is 0 Å². The highest BCUT2D eigenvalue weighted by atomic mass is 19.4. The summed E-state index contributed by atoms with van der Waals surface area (Å²) < 4.78 is 35.3. The van der Waals surface area contributed by atoms with Crippen LogP contribution in [0.3, 0.4) is 0 Å². The Morgan fingerprint density at radius 2 is 2.19 bits per heavy atom. The minimum atomic E-state index is -4.13. The Bertz CT molecular complexity index is 323. The number of hydrogen-bond acceptors (Lipinski definition) is 3. The van der Waals surface area contributed by atoms with Crippen molar-refractivity contribution in [2.24, 2.45) is 0 Å². The van der Waals surface area contributed by atoms with Crippen LogP contribution in [0.25, 0.3) is 0 Å². The molecule has 2 N–H and O–H groups in total. The number of carbonyl (C=O) groups excluding carboxylic acids is 1. The number of nitrogens with one attached hydrogen (secondary N) is 2. The third-order valence-corrected chi connectivity index (χ3v) is 1.80. The summed E-state index contributed by atoms with van der Waals surface area (Å²) in [5.74, 6) is -0.416. The van der Waals surface area contributed by atoms with Crippen LogP contribution >= 0.6 is 0 Å². The topological polar surface area (TPSA) is 70.7 Å². The van der Waals surface area contributed by atoms with Gasteiger partial charge in [0, 0.05) is 13.0 Å². The number of amides is 1. The second-order valence-electron chi connectivity index (χ2n) is 3.16. The predicted molar refractivity (Wildman–Crippen MR) is 48.6 cm³/mol. The Labute approximate surface area is 89.4 Å². The van der Waals surface area contributed by atoms with E-state index >= 15 is 0 Å². The summed E-state index contributed by atoms with van der Waals surface area (Å²) in [6, 6.07) is 0. The zero-order valence-electron chi connectivity index (χ0n) is 8.34.